The van der Waals surface area contributed by atoms with Crippen LogP contribution in [0.3, 0.4) is 0 Å². The minimum Gasteiger partial charge on any atom is -0.476 e. The summed E-state index contributed by atoms with van der Waals surface area (Å²) in [5.41, 5.74) is 3.99. The molecule has 0 radical (unpaired) electrons. The summed E-state index contributed by atoms with van der Waals surface area (Å²) in [5.74, 6) is 1.10. The molecule has 0 spiro atoms. The van der Waals surface area contributed by atoms with Crippen LogP contribution in [0.15, 0.2) is 42.6 Å². The van der Waals surface area contributed by atoms with Crippen molar-refractivity contribution in [1.82, 2.24) is 19.5 Å². The maximum Gasteiger partial charge on any atom is 0.356 e. The highest BCUT2D eigenvalue weighted by Crippen LogP contribution is 2.31. The second-order valence-corrected chi connectivity index (χ2v) is 9.09. The highest BCUT2D eigenvalue weighted by atomic mass is 35.5. The third-order valence-corrected chi connectivity index (χ3v) is 6.36. The predicted molar refractivity (Wildman–Crippen MR) is 127 cm³/mol. The van der Waals surface area contributed by atoms with Gasteiger partial charge < -0.3 is 15.0 Å². The zero-order valence-corrected chi connectivity index (χ0v) is 19.5. The Bertz CT molecular complexity index is 1280. The molecule has 0 fully saturated rings. The SMILES string of the molecule is CCc1c(C)nc(-c2ccc(Cl)s2)nc1Nc1ccc(Cc2nc(C(=O)O)cn2C)cc1. The number of carboxylic acids is 1. The molecule has 4 aromatic rings. The van der Waals surface area contributed by atoms with Gasteiger partial charge in [-0.3, -0.25) is 0 Å². The number of carbonyl (C=O) groups is 1. The number of anilines is 2. The molecule has 0 aliphatic carbocycles. The van der Waals surface area contributed by atoms with Gasteiger partial charge in [-0.15, -0.1) is 11.3 Å². The minimum absolute atomic E-state index is 0.0508. The van der Waals surface area contributed by atoms with E-state index in [1.165, 1.54) is 17.5 Å². The molecular formula is C23H22ClN5O2S. The summed E-state index contributed by atoms with van der Waals surface area (Å²) in [4.78, 5) is 25.7. The van der Waals surface area contributed by atoms with Crippen molar-refractivity contribution in [1.29, 1.82) is 0 Å². The molecule has 32 heavy (non-hydrogen) atoms. The molecule has 0 saturated heterocycles. The highest BCUT2D eigenvalue weighted by Gasteiger charge is 2.14. The Morgan fingerprint density at radius 2 is 1.91 bits per heavy atom. The van der Waals surface area contributed by atoms with Crippen LogP contribution in [0.2, 0.25) is 4.34 Å². The number of hydrogen-bond donors (Lipinski definition) is 2. The van der Waals surface area contributed by atoms with E-state index in [9.17, 15) is 4.79 Å². The standard InChI is InChI=1S/C23H22ClN5O2S/c1-4-16-13(2)25-22(18-9-10-19(24)32-18)28-21(16)26-15-7-5-14(6-8-15)11-20-27-17(23(30)31)12-29(20)3/h5-10,12H,4,11H2,1-3H3,(H,30,31)(H,25,26,28). The fourth-order valence-electron chi connectivity index (χ4n) is 3.46. The van der Waals surface area contributed by atoms with Gasteiger partial charge in [-0.05, 0) is 43.2 Å². The lowest BCUT2D eigenvalue weighted by Crippen LogP contribution is -2.05. The van der Waals surface area contributed by atoms with E-state index >= 15 is 0 Å². The molecule has 0 amide bonds. The van der Waals surface area contributed by atoms with Crippen LogP contribution in [0.4, 0.5) is 11.5 Å². The van der Waals surface area contributed by atoms with Gasteiger partial charge in [-0.1, -0.05) is 30.7 Å². The Kier molecular flexibility index (Phi) is 6.25. The molecule has 0 aliphatic rings. The lowest BCUT2D eigenvalue weighted by molar-refractivity contribution is 0.0691. The second-order valence-electron chi connectivity index (χ2n) is 7.37. The summed E-state index contributed by atoms with van der Waals surface area (Å²) in [7, 11) is 1.80. The molecule has 164 valence electrons. The molecule has 4 rings (SSSR count). The molecule has 0 unspecified atom stereocenters. The number of nitrogens with zero attached hydrogens (tertiary/aromatic N) is 4. The third-order valence-electron chi connectivity index (χ3n) is 5.13. The van der Waals surface area contributed by atoms with Crippen molar-refractivity contribution >= 4 is 40.4 Å². The number of hydrogen-bond acceptors (Lipinski definition) is 6. The molecule has 0 bridgehead atoms. The average molecular weight is 468 g/mol. The van der Waals surface area contributed by atoms with E-state index in [1.807, 2.05) is 43.3 Å². The van der Waals surface area contributed by atoms with Crippen molar-refractivity contribution in [3.63, 3.8) is 0 Å². The molecule has 9 heteroatoms. The molecule has 7 nitrogen and oxygen atoms in total. The monoisotopic (exact) mass is 467 g/mol. The Morgan fingerprint density at radius 1 is 1.16 bits per heavy atom. The smallest absolute Gasteiger partial charge is 0.356 e. The van der Waals surface area contributed by atoms with Gasteiger partial charge in [0.25, 0.3) is 0 Å². The molecule has 3 aromatic heterocycles. The van der Waals surface area contributed by atoms with Gasteiger partial charge in [-0.25, -0.2) is 19.7 Å². The van der Waals surface area contributed by atoms with Crippen molar-refractivity contribution in [3.8, 4) is 10.7 Å². The zero-order chi connectivity index (χ0) is 22.8. The van der Waals surface area contributed by atoms with Crippen LogP contribution in [-0.2, 0) is 19.9 Å². The number of rotatable bonds is 7. The van der Waals surface area contributed by atoms with Gasteiger partial charge in [0.1, 0.15) is 11.6 Å². The van der Waals surface area contributed by atoms with Crippen LogP contribution in [-0.4, -0.2) is 30.6 Å². The van der Waals surface area contributed by atoms with Crippen molar-refractivity contribution in [2.45, 2.75) is 26.7 Å². The van der Waals surface area contributed by atoms with E-state index < -0.39 is 5.97 Å². The Labute approximate surface area is 194 Å². The maximum atomic E-state index is 11.1. The molecule has 0 aliphatic heterocycles. The summed E-state index contributed by atoms with van der Waals surface area (Å²) in [6.07, 6.45) is 2.87. The van der Waals surface area contributed by atoms with Crippen LogP contribution in [0.1, 0.15) is 40.1 Å². The molecule has 1 aromatic carbocycles. The number of thiophene rings is 1. The van der Waals surface area contributed by atoms with E-state index in [-0.39, 0.29) is 5.69 Å². The van der Waals surface area contributed by atoms with Crippen LogP contribution >= 0.6 is 22.9 Å². The highest BCUT2D eigenvalue weighted by molar-refractivity contribution is 7.19. The topological polar surface area (TPSA) is 92.9 Å². The van der Waals surface area contributed by atoms with Crippen molar-refractivity contribution in [2.24, 2.45) is 7.05 Å². The van der Waals surface area contributed by atoms with Gasteiger partial charge in [0, 0.05) is 36.6 Å². The predicted octanol–water partition coefficient (Wildman–Crippen LogP) is 5.50. The number of aromatic carboxylic acids is 1. The molecule has 0 atom stereocenters. The zero-order valence-electron chi connectivity index (χ0n) is 17.9. The third kappa shape index (κ3) is 4.66. The number of nitrogens with one attached hydrogen (secondary N) is 1. The first-order chi connectivity index (χ1) is 15.3. The number of aromatic nitrogens is 4. The van der Waals surface area contributed by atoms with E-state index in [0.717, 1.165) is 39.6 Å². The normalized spacial score (nSPS) is 11.0. The first-order valence-electron chi connectivity index (χ1n) is 10.1. The van der Waals surface area contributed by atoms with E-state index in [0.29, 0.717) is 22.4 Å². The van der Waals surface area contributed by atoms with E-state index in [2.05, 4.69) is 22.2 Å². The summed E-state index contributed by atoms with van der Waals surface area (Å²) in [5, 5.41) is 12.5. The van der Waals surface area contributed by atoms with Gasteiger partial charge in [0.15, 0.2) is 11.5 Å². The van der Waals surface area contributed by atoms with Gasteiger partial charge >= 0.3 is 5.97 Å². The fourth-order valence-corrected chi connectivity index (χ4v) is 4.44. The van der Waals surface area contributed by atoms with Crippen LogP contribution < -0.4 is 5.32 Å². The molecule has 0 saturated carbocycles. The quantitative estimate of drug-likeness (QED) is 0.373. The summed E-state index contributed by atoms with van der Waals surface area (Å²) in [6.45, 7) is 4.08. The number of benzene rings is 1. The summed E-state index contributed by atoms with van der Waals surface area (Å²) < 4.78 is 2.44. The van der Waals surface area contributed by atoms with E-state index in [4.69, 9.17) is 21.7 Å². The molecule has 2 N–H and O–H groups in total. The fraction of sp³-hybridized carbons (Fsp3) is 0.217. The number of carboxylic acid groups (broad SMARTS) is 1. The minimum atomic E-state index is -1.03. The van der Waals surface area contributed by atoms with Crippen molar-refractivity contribution in [2.75, 3.05) is 5.32 Å². The maximum absolute atomic E-state index is 11.1. The lowest BCUT2D eigenvalue weighted by atomic mass is 10.1. The second kappa shape index (κ2) is 9.10. The van der Waals surface area contributed by atoms with Crippen LogP contribution in [0.5, 0.6) is 0 Å². The lowest BCUT2D eigenvalue weighted by Gasteiger charge is -2.14. The van der Waals surface area contributed by atoms with Gasteiger partial charge in [0.2, 0.25) is 0 Å². The Morgan fingerprint density at radius 3 is 2.50 bits per heavy atom. The van der Waals surface area contributed by atoms with Crippen molar-refractivity contribution in [3.05, 3.63) is 75.3 Å². The Balaban J connectivity index is 1.56. The first-order valence-corrected chi connectivity index (χ1v) is 11.3. The number of aryl methyl sites for hydroxylation is 2. The summed E-state index contributed by atoms with van der Waals surface area (Å²) in [6, 6.07) is 11.7. The molecule has 3 heterocycles. The van der Waals surface area contributed by atoms with Crippen LogP contribution in [0, 0.1) is 6.92 Å². The molecular weight excluding hydrogens is 446 g/mol. The van der Waals surface area contributed by atoms with Crippen molar-refractivity contribution < 1.29 is 9.90 Å². The Hall–Kier alpha value is -3.23. The first kappa shape index (κ1) is 22.0. The van der Waals surface area contributed by atoms with Crippen LogP contribution in [0.25, 0.3) is 10.7 Å². The van der Waals surface area contributed by atoms with Gasteiger partial charge in [-0.2, -0.15) is 0 Å². The van der Waals surface area contributed by atoms with Gasteiger partial charge in [0.05, 0.1) is 9.21 Å². The number of imidazole rings is 1. The number of halogens is 1. The largest absolute Gasteiger partial charge is 0.476 e. The average Bonchev–Trinajstić information content (AvgIpc) is 3.35. The summed E-state index contributed by atoms with van der Waals surface area (Å²) >= 11 is 7.54. The van der Waals surface area contributed by atoms with E-state index in [1.54, 1.807) is 11.6 Å².